The second kappa shape index (κ2) is 4.35. The third kappa shape index (κ3) is 1.96. The molecule has 2 heteroatoms. The minimum atomic E-state index is 1.24. The third-order valence-electron chi connectivity index (χ3n) is 1.59. The van der Waals surface area contributed by atoms with Gasteiger partial charge in [0.1, 0.15) is 0 Å². The van der Waals surface area contributed by atoms with Crippen LogP contribution in [-0.2, 0) is 0 Å². The Morgan fingerprint density at radius 2 is 1.40 bits per heavy atom. The van der Waals surface area contributed by atoms with Crippen molar-refractivity contribution in [2.45, 2.75) is 26.7 Å². The molecule has 0 amide bonds. The van der Waals surface area contributed by atoms with Crippen molar-refractivity contribution < 1.29 is 0 Å². The van der Waals surface area contributed by atoms with Gasteiger partial charge in [-0.2, -0.15) is 0 Å². The standard InChI is InChI=1S/C8H14S2/c1-3-7-8(4-2)10-6-5-9-7/h3-6H2,1-2H3. The SMILES string of the molecule is CCC1=C(CC)SCCS1. The molecule has 0 N–H and O–H groups in total. The van der Waals surface area contributed by atoms with Gasteiger partial charge in [0.2, 0.25) is 0 Å². The van der Waals surface area contributed by atoms with E-state index in [0.29, 0.717) is 0 Å². The first-order chi connectivity index (χ1) is 4.88. The number of hydrogen-bond donors (Lipinski definition) is 0. The summed E-state index contributed by atoms with van der Waals surface area (Å²) in [6.45, 7) is 4.51. The predicted molar refractivity (Wildman–Crippen MR) is 52.5 cm³/mol. The predicted octanol–water partition coefficient (Wildman–Crippen LogP) is 3.50. The molecule has 0 saturated heterocycles. The summed E-state index contributed by atoms with van der Waals surface area (Å²) in [6.07, 6.45) is 2.47. The Labute approximate surface area is 71.8 Å². The van der Waals surface area contributed by atoms with Gasteiger partial charge in [-0.1, -0.05) is 13.8 Å². The van der Waals surface area contributed by atoms with Gasteiger partial charge in [-0.15, -0.1) is 23.5 Å². The number of thioether (sulfide) groups is 2. The zero-order valence-electron chi connectivity index (χ0n) is 6.64. The van der Waals surface area contributed by atoms with Gasteiger partial charge in [0.15, 0.2) is 0 Å². The summed E-state index contributed by atoms with van der Waals surface area (Å²) in [5.74, 6) is 2.63. The molecule has 0 aliphatic carbocycles. The van der Waals surface area contributed by atoms with Crippen LogP contribution in [0.15, 0.2) is 9.81 Å². The summed E-state index contributed by atoms with van der Waals surface area (Å²) in [5.41, 5.74) is 0. The van der Waals surface area contributed by atoms with Crippen molar-refractivity contribution in [3.8, 4) is 0 Å². The van der Waals surface area contributed by atoms with Gasteiger partial charge in [-0.05, 0) is 22.7 Å². The summed E-state index contributed by atoms with van der Waals surface area (Å²) in [7, 11) is 0. The van der Waals surface area contributed by atoms with Crippen molar-refractivity contribution in [3.63, 3.8) is 0 Å². The number of allylic oxidation sites excluding steroid dienone is 2. The van der Waals surface area contributed by atoms with E-state index in [0.717, 1.165) is 0 Å². The maximum absolute atomic E-state index is 2.25. The lowest BCUT2D eigenvalue weighted by atomic mass is 10.3. The zero-order chi connectivity index (χ0) is 7.40. The fraction of sp³-hybridized carbons (Fsp3) is 0.750. The van der Waals surface area contributed by atoms with Crippen LogP contribution < -0.4 is 0 Å². The molecule has 10 heavy (non-hydrogen) atoms. The molecule has 0 spiro atoms. The molecule has 58 valence electrons. The lowest BCUT2D eigenvalue weighted by molar-refractivity contribution is 1.11. The van der Waals surface area contributed by atoms with Crippen LogP contribution in [0.25, 0.3) is 0 Å². The van der Waals surface area contributed by atoms with Crippen LogP contribution in [0, 0.1) is 0 Å². The second-order valence-electron chi connectivity index (χ2n) is 2.25. The summed E-state index contributed by atoms with van der Waals surface area (Å²) < 4.78 is 0. The molecule has 0 atom stereocenters. The fourth-order valence-electron chi connectivity index (χ4n) is 1.09. The molecule has 0 unspecified atom stereocenters. The Hall–Kier alpha value is 0.440. The van der Waals surface area contributed by atoms with E-state index in [1.165, 1.54) is 24.3 Å². The monoisotopic (exact) mass is 174 g/mol. The Morgan fingerprint density at radius 1 is 1.00 bits per heavy atom. The molecular formula is C8H14S2. The topological polar surface area (TPSA) is 0 Å². The van der Waals surface area contributed by atoms with Crippen LogP contribution >= 0.6 is 23.5 Å². The fourth-order valence-corrected chi connectivity index (χ4v) is 3.62. The van der Waals surface area contributed by atoms with Crippen LogP contribution in [0.3, 0.4) is 0 Å². The second-order valence-corrected chi connectivity index (χ2v) is 4.63. The van der Waals surface area contributed by atoms with Gasteiger partial charge < -0.3 is 0 Å². The maximum atomic E-state index is 2.25. The van der Waals surface area contributed by atoms with E-state index in [1.54, 1.807) is 9.81 Å². The van der Waals surface area contributed by atoms with Gasteiger partial charge in [-0.3, -0.25) is 0 Å². The Bertz CT molecular complexity index is 122. The average Bonchev–Trinajstić information content (AvgIpc) is 2.04. The van der Waals surface area contributed by atoms with E-state index < -0.39 is 0 Å². The van der Waals surface area contributed by atoms with E-state index in [1.807, 2.05) is 0 Å². The molecule has 0 saturated carbocycles. The zero-order valence-corrected chi connectivity index (χ0v) is 8.28. The molecule has 0 nitrogen and oxygen atoms in total. The summed E-state index contributed by atoms with van der Waals surface area (Å²) in [6, 6.07) is 0. The number of rotatable bonds is 2. The van der Waals surface area contributed by atoms with Crippen LogP contribution in [0.5, 0.6) is 0 Å². The molecule has 1 rings (SSSR count). The van der Waals surface area contributed by atoms with Gasteiger partial charge in [-0.25, -0.2) is 0 Å². The lowest BCUT2D eigenvalue weighted by Gasteiger charge is -2.16. The van der Waals surface area contributed by atoms with Gasteiger partial charge in [0.25, 0.3) is 0 Å². The minimum absolute atomic E-state index is 1.24. The molecule has 1 heterocycles. The van der Waals surface area contributed by atoms with E-state index in [9.17, 15) is 0 Å². The Balaban J connectivity index is 2.63. The Kier molecular flexibility index (Phi) is 3.71. The quantitative estimate of drug-likeness (QED) is 0.628. The van der Waals surface area contributed by atoms with E-state index in [2.05, 4.69) is 37.4 Å². The van der Waals surface area contributed by atoms with Crippen LogP contribution in [0.2, 0.25) is 0 Å². The van der Waals surface area contributed by atoms with Gasteiger partial charge in [0, 0.05) is 11.5 Å². The average molecular weight is 174 g/mol. The molecule has 0 fully saturated rings. The molecule has 0 radical (unpaired) electrons. The summed E-state index contributed by atoms with van der Waals surface area (Å²) in [5, 5.41) is 0. The van der Waals surface area contributed by atoms with E-state index >= 15 is 0 Å². The normalized spacial score (nSPS) is 19.8. The van der Waals surface area contributed by atoms with Crippen molar-refractivity contribution in [1.82, 2.24) is 0 Å². The minimum Gasteiger partial charge on any atom is -0.129 e. The van der Waals surface area contributed by atoms with Crippen LogP contribution in [0.1, 0.15) is 26.7 Å². The van der Waals surface area contributed by atoms with Crippen molar-refractivity contribution in [3.05, 3.63) is 9.81 Å². The van der Waals surface area contributed by atoms with Crippen LogP contribution in [-0.4, -0.2) is 11.5 Å². The van der Waals surface area contributed by atoms with Crippen LogP contribution in [0.4, 0.5) is 0 Å². The highest BCUT2D eigenvalue weighted by atomic mass is 32.2. The van der Waals surface area contributed by atoms with Crippen molar-refractivity contribution >= 4 is 23.5 Å². The first kappa shape index (κ1) is 8.54. The Morgan fingerprint density at radius 3 is 1.70 bits per heavy atom. The number of hydrogen-bond acceptors (Lipinski definition) is 2. The molecule has 1 aliphatic heterocycles. The summed E-state index contributed by atoms with van der Waals surface area (Å²) >= 11 is 4.11. The van der Waals surface area contributed by atoms with E-state index in [-0.39, 0.29) is 0 Å². The van der Waals surface area contributed by atoms with E-state index in [4.69, 9.17) is 0 Å². The maximum Gasteiger partial charge on any atom is 0.00715 e. The summed E-state index contributed by atoms with van der Waals surface area (Å²) in [4.78, 5) is 3.28. The highest BCUT2D eigenvalue weighted by molar-refractivity contribution is 8.09. The first-order valence-electron chi connectivity index (χ1n) is 3.86. The van der Waals surface area contributed by atoms with Crippen molar-refractivity contribution in [1.29, 1.82) is 0 Å². The molecular weight excluding hydrogens is 160 g/mol. The smallest absolute Gasteiger partial charge is 0.00715 e. The van der Waals surface area contributed by atoms with Gasteiger partial charge in [0.05, 0.1) is 0 Å². The van der Waals surface area contributed by atoms with Crippen molar-refractivity contribution in [2.75, 3.05) is 11.5 Å². The lowest BCUT2D eigenvalue weighted by Crippen LogP contribution is -1.95. The third-order valence-corrected chi connectivity index (χ3v) is 4.56. The highest BCUT2D eigenvalue weighted by Gasteiger charge is 2.09. The largest absolute Gasteiger partial charge is 0.129 e. The van der Waals surface area contributed by atoms with Gasteiger partial charge >= 0.3 is 0 Å². The highest BCUT2D eigenvalue weighted by Crippen LogP contribution is 2.37. The molecule has 0 aromatic rings. The molecule has 0 aromatic carbocycles. The first-order valence-corrected chi connectivity index (χ1v) is 5.83. The molecule has 1 aliphatic rings. The van der Waals surface area contributed by atoms with Crippen molar-refractivity contribution in [2.24, 2.45) is 0 Å². The molecule has 0 bridgehead atoms. The molecule has 0 aromatic heterocycles.